The Kier molecular flexibility index (Phi) is 14.0. The molecule has 1 saturated carbocycles. The van der Waals surface area contributed by atoms with Crippen LogP contribution in [0.5, 0.6) is 0 Å². The number of aliphatic hydroxyl groups excluding tert-OH is 2. The molecule has 4 amide bonds. The maximum Gasteiger partial charge on any atom is 0.305 e. The van der Waals surface area contributed by atoms with Crippen LogP contribution in [0, 0.1) is 11.8 Å². The number of aliphatic hydroxyl groups is 2. The molecule has 1 aliphatic carbocycles. The van der Waals surface area contributed by atoms with E-state index in [0.29, 0.717) is 38.1 Å². The number of ether oxygens (including phenoxy) is 2. The first kappa shape index (κ1) is 32.0. The van der Waals surface area contributed by atoms with E-state index in [9.17, 15) is 29.1 Å². The number of carbonyl (C=O) groups is 5. The number of nitrogens with one attached hydrogen (secondary N) is 1. The molecule has 0 aromatic carbocycles. The lowest BCUT2D eigenvalue weighted by Gasteiger charge is -2.29. The Bertz CT molecular complexity index is 816. The summed E-state index contributed by atoms with van der Waals surface area (Å²) < 4.78 is 10.0. The molecule has 1 heterocycles. The molecule has 12 nitrogen and oxygen atoms in total. The lowest BCUT2D eigenvalue weighted by atomic mass is 9.81. The van der Waals surface area contributed by atoms with E-state index in [1.54, 1.807) is 6.92 Å². The first-order valence-electron chi connectivity index (χ1n) is 13.3. The molecule has 13 heteroatoms. The van der Waals surface area contributed by atoms with Crippen molar-refractivity contribution < 1.29 is 43.7 Å². The van der Waals surface area contributed by atoms with Crippen LogP contribution in [0.25, 0.3) is 0 Å². The van der Waals surface area contributed by atoms with Crippen molar-refractivity contribution in [3.05, 3.63) is 0 Å². The molecular weight excluding hydrogens is 518 g/mol. The number of esters is 1. The van der Waals surface area contributed by atoms with Crippen LogP contribution >= 0.6 is 11.8 Å². The van der Waals surface area contributed by atoms with Gasteiger partial charge in [-0.15, -0.1) is 11.8 Å². The van der Waals surface area contributed by atoms with E-state index in [2.05, 4.69) is 5.32 Å². The number of rotatable bonds is 17. The largest absolute Gasteiger partial charge is 0.460 e. The number of likely N-dealkylation sites (tertiary alicyclic amines) is 1. The van der Waals surface area contributed by atoms with Gasteiger partial charge in [-0.25, -0.2) is 0 Å². The molecule has 2 rings (SSSR count). The van der Waals surface area contributed by atoms with Crippen LogP contribution in [-0.2, 0) is 33.4 Å². The molecule has 5 N–H and O–H groups in total. The third kappa shape index (κ3) is 10.9. The molecule has 2 aliphatic rings. The normalized spacial score (nSPS) is 23.2. The topological polar surface area (TPSA) is 186 Å². The van der Waals surface area contributed by atoms with Crippen LogP contribution < -0.4 is 11.1 Å². The molecule has 0 radical (unpaired) electrons. The van der Waals surface area contributed by atoms with Gasteiger partial charge in [-0.3, -0.25) is 28.9 Å². The van der Waals surface area contributed by atoms with Gasteiger partial charge in [0.15, 0.2) is 6.29 Å². The lowest BCUT2D eigenvalue weighted by molar-refractivity contribution is -0.183. The molecule has 0 aromatic rings. The van der Waals surface area contributed by atoms with Crippen LogP contribution in [-0.4, -0.2) is 94.4 Å². The van der Waals surface area contributed by atoms with Gasteiger partial charge >= 0.3 is 5.97 Å². The zero-order valence-electron chi connectivity index (χ0n) is 22.0. The number of amides is 4. The Morgan fingerprint density at radius 2 is 1.89 bits per heavy atom. The summed E-state index contributed by atoms with van der Waals surface area (Å²) in [7, 11) is 0. The van der Waals surface area contributed by atoms with Crippen molar-refractivity contribution in [2.24, 2.45) is 17.6 Å². The SMILES string of the molecule is CCC(CO)OC(O)COC(=O)CCCC(=O)NCCSC1CC(=O)N(CC2CCC(C(N)=O)CC2)C1=O. The third-order valence-corrected chi connectivity index (χ3v) is 8.03. The molecule has 3 atom stereocenters. The van der Waals surface area contributed by atoms with Gasteiger partial charge in [0, 0.05) is 44.0 Å². The van der Waals surface area contributed by atoms with Crippen LogP contribution in [0.4, 0.5) is 0 Å². The van der Waals surface area contributed by atoms with Crippen molar-refractivity contribution in [3.63, 3.8) is 0 Å². The smallest absolute Gasteiger partial charge is 0.305 e. The van der Waals surface area contributed by atoms with Crippen molar-refractivity contribution in [3.8, 4) is 0 Å². The number of carbonyl (C=O) groups excluding carboxylic acids is 5. The Hall–Kier alpha value is -2.22. The molecule has 1 aliphatic heterocycles. The van der Waals surface area contributed by atoms with Crippen LogP contribution in [0.3, 0.4) is 0 Å². The number of hydrogen-bond donors (Lipinski definition) is 4. The van der Waals surface area contributed by atoms with Gasteiger partial charge in [0.2, 0.25) is 23.6 Å². The fourth-order valence-corrected chi connectivity index (χ4v) is 5.54. The van der Waals surface area contributed by atoms with Gasteiger partial charge in [-0.05, 0) is 44.4 Å². The van der Waals surface area contributed by atoms with Crippen molar-refractivity contribution >= 4 is 41.4 Å². The Labute approximate surface area is 227 Å². The van der Waals surface area contributed by atoms with Gasteiger partial charge in [-0.2, -0.15) is 0 Å². The molecule has 2 fully saturated rings. The second kappa shape index (κ2) is 16.7. The zero-order chi connectivity index (χ0) is 28.1. The summed E-state index contributed by atoms with van der Waals surface area (Å²) >= 11 is 1.34. The first-order chi connectivity index (χ1) is 18.1. The highest BCUT2D eigenvalue weighted by Crippen LogP contribution is 2.32. The number of nitrogens with two attached hydrogens (primary N) is 1. The van der Waals surface area contributed by atoms with E-state index in [-0.39, 0.29) is 74.4 Å². The monoisotopic (exact) mass is 559 g/mol. The van der Waals surface area contributed by atoms with E-state index < -0.39 is 23.6 Å². The summed E-state index contributed by atoms with van der Waals surface area (Å²) in [5, 5.41) is 21.0. The zero-order valence-corrected chi connectivity index (χ0v) is 22.8. The minimum absolute atomic E-state index is 0.00476. The summed E-state index contributed by atoms with van der Waals surface area (Å²) in [4.78, 5) is 61.5. The van der Waals surface area contributed by atoms with Crippen molar-refractivity contribution in [2.45, 2.75) is 82.4 Å². The van der Waals surface area contributed by atoms with Crippen LogP contribution in [0.2, 0.25) is 0 Å². The number of nitrogens with zero attached hydrogens (tertiary/aromatic N) is 1. The van der Waals surface area contributed by atoms with Gasteiger partial charge in [0.1, 0.15) is 6.61 Å². The van der Waals surface area contributed by atoms with Gasteiger partial charge < -0.3 is 30.7 Å². The standard InChI is InChI=1S/C25H41N3O9S/c1-2-18(14-29)37-23(33)15-36-22(32)5-3-4-20(30)27-10-11-38-19-12-21(31)28(25(19)35)13-16-6-8-17(9-7-16)24(26)34/h16-19,23,29,33H,2-15H2,1H3,(H2,26,34)(H,27,30). The van der Waals surface area contributed by atoms with Crippen LogP contribution in [0.15, 0.2) is 0 Å². The highest BCUT2D eigenvalue weighted by molar-refractivity contribution is 8.00. The fourth-order valence-electron chi connectivity index (χ4n) is 4.50. The predicted octanol–water partition coefficient (Wildman–Crippen LogP) is 0.0744. The summed E-state index contributed by atoms with van der Waals surface area (Å²) in [6, 6.07) is 0. The average Bonchev–Trinajstić information content (AvgIpc) is 3.16. The second-order valence-corrected chi connectivity index (χ2v) is 11.0. The Balaban J connectivity index is 1.55. The third-order valence-electron chi connectivity index (χ3n) is 6.82. The Morgan fingerprint density at radius 3 is 2.53 bits per heavy atom. The molecular formula is C25H41N3O9S. The molecule has 0 bridgehead atoms. The van der Waals surface area contributed by atoms with Gasteiger partial charge in [-0.1, -0.05) is 6.92 Å². The van der Waals surface area contributed by atoms with Crippen molar-refractivity contribution in [2.75, 3.05) is 32.1 Å². The van der Waals surface area contributed by atoms with Gasteiger partial charge in [0.25, 0.3) is 0 Å². The fraction of sp³-hybridized carbons (Fsp3) is 0.800. The predicted molar refractivity (Wildman–Crippen MR) is 138 cm³/mol. The van der Waals surface area contributed by atoms with Crippen molar-refractivity contribution in [1.29, 1.82) is 0 Å². The Morgan fingerprint density at radius 1 is 1.18 bits per heavy atom. The second-order valence-electron chi connectivity index (χ2n) is 9.72. The average molecular weight is 560 g/mol. The first-order valence-corrected chi connectivity index (χ1v) is 14.3. The summed E-state index contributed by atoms with van der Waals surface area (Å²) in [6.45, 7) is 1.90. The summed E-state index contributed by atoms with van der Waals surface area (Å²) in [5.41, 5.74) is 5.37. The highest BCUT2D eigenvalue weighted by Gasteiger charge is 2.40. The molecule has 3 unspecified atom stereocenters. The molecule has 0 spiro atoms. The molecule has 0 aromatic heterocycles. The van der Waals surface area contributed by atoms with Gasteiger partial charge in [0.05, 0.1) is 18.0 Å². The molecule has 38 heavy (non-hydrogen) atoms. The minimum atomic E-state index is -1.32. The summed E-state index contributed by atoms with van der Waals surface area (Å²) in [6.07, 6.45) is 2.12. The molecule has 216 valence electrons. The minimum Gasteiger partial charge on any atom is -0.460 e. The number of imide groups is 1. The van der Waals surface area contributed by atoms with E-state index in [4.69, 9.17) is 20.3 Å². The number of hydrogen-bond acceptors (Lipinski definition) is 10. The van der Waals surface area contributed by atoms with E-state index in [1.807, 2.05) is 0 Å². The highest BCUT2D eigenvalue weighted by atomic mass is 32.2. The van der Waals surface area contributed by atoms with Crippen LogP contribution in [0.1, 0.15) is 64.7 Å². The summed E-state index contributed by atoms with van der Waals surface area (Å²) in [5.74, 6) is -0.923. The van der Waals surface area contributed by atoms with E-state index >= 15 is 0 Å². The van der Waals surface area contributed by atoms with E-state index in [1.165, 1.54) is 16.7 Å². The molecule has 1 saturated heterocycles. The van der Waals surface area contributed by atoms with E-state index in [0.717, 1.165) is 12.8 Å². The number of thioether (sulfide) groups is 1. The maximum atomic E-state index is 12.7. The maximum absolute atomic E-state index is 12.7. The number of primary amides is 1. The quantitative estimate of drug-likeness (QED) is 0.0823. The van der Waals surface area contributed by atoms with Crippen molar-refractivity contribution in [1.82, 2.24) is 10.2 Å². The lowest BCUT2D eigenvalue weighted by Crippen LogP contribution is -2.38.